The molecule has 0 aromatic heterocycles. The predicted octanol–water partition coefficient (Wildman–Crippen LogP) is 3.05. The fourth-order valence-corrected chi connectivity index (χ4v) is 4.69. The summed E-state index contributed by atoms with van der Waals surface area (Å²) in [5.41, 5.74) is 0.241. The molecule has 1 saturated heterocycles. The lowest BCUT2D eigenvalue weighted by atomic mass is 9.97. The summed E-state index contributed by atoms with van der Waals surface area (Å²) in [7, 11) is 1.45. The van der Waals surface area contributed by atoms with E-state index < -0.39 is 30.1 Å². The highest BCUT2D eigenvalue weighted by Crippen LogP contribution is 2.44. The highest BCUT2D eigenvalue weighted by molar-refractivity contribution is 6.31. The van der Waals surface area contributed by atoms with Gasteiger partial charge in [0.2, 0.25) is 11.6 Å². The van der Waals surface area contributed by atoms with Gasteiger partial charge in [0.25, 0.3) is 11.8 Å². The molecule has 1 atom stereocenters. The van der Waals surface area contributed by atoms with Crippen LogP contribution in [0.15, 0.2) is 42.5 Å². The molecule has 9 nitrogen and oxygen atoms in total. The molecule has 0 spiro atoms. The van der Waals surface area contributed by atoms with E-state index in [9.17, 15) is 19.2 Å². The van der Waals surface area contributed by atoms with Gasteiger partial charge in [-0.25, -0.2) is 4.79 Å². The topological polar surface area (TPSA) is 111 Å². The minimum atomic E-state index is -1.67. The molecule has 35 heavy (non-hydrogen) atoms. The molecule has 0 N–H and O–H groups in total. The first-order valence-corrected chi connectivity index (χ1v) is 11.4. The Bertz CT molecular complexity index is 1270. The van der Waals surface area contributed by atoms with Crippen LogP contribution in [0.3, 0.4) is 0 Å². The third kappa shape index (κ3) is 4.00. The fraction of sp³-hybridized carbons (Fsp3) is 0.320. The van der Waals surface area contributed by atoms with Gasteiger partial charge in [-0.1, -0.05) is 23.7 Å². The minimum Gasteiger partial charge on any atom is -0.452 e. The Morgan fingerprint density at radius 1 is 1.23 bits per heavy atom. The van der Waals surface area contributed by atoms with E-state index in [0.29, 0.717) is 22.0 Å². The lowest BCUT2D eigenvalue weighted by Gasteiger charge is -2.46. The Morgan fingerprint density at radius 3 is 2.69 bits per heavy atom. The van der Waals surface area contributed by atoms with Gasteiger partial charge in [-0.15, -0.1) is 0 Å². The molecule has 0 radical (unpaired) electrons. The maximum Gasteiger partial charge on any atom is 0.354 e. The van der Waals surface area contributed by atoms with E-state index in [1.807, 2.05) is 6.07 Å². The zero-order valence-electron chi connectivity index (χ0n) is 19.3. The number of para-hydroxylation sites is 1. The number of likely N-dealkylation sites (N-methyl/N-ethyl adjacent to an activating group) is 1. The number of fused-ring (bicyclic) bond motifs is 3. The van der Waals surface area contributed by atoms with Crippen molar-refractivity contribution in [3.63, 3.8) is 0 Å². The standard InChI is InChI=1S/C25H23ClN4O5/c1-16-14-17(8-9-19(16)26)29(13-5-12-27)22(32)15-35-24(34)25-11-10-21(31)30(25)20-7-4-3-6-18(20)23(33)28(25)2/h3-4,6-9,14H,5,10-11,13,15H2,1-2H3. The van der Waals surface area contributed by atoms with Gasteiger partial charge in [0.15, 0.2) is 6.61 Å². The highest BCUT2D eigenvalue weighted by Gasteiger charge is 2.60. The molecule has 2 aliphatic rings. The molecule has 3 amide bonds. The van der Waals surface area contributed by atoms with Crippen molar-refractivity contribution >= 4 is 46.7 Å². The van der Waals surface area contributed by atoms with Gasteiger partial charge >= 0.3 is 5.97 Å². The van der Waals surface area contributed by atoms with Crippen LogP contribution < -0.4 is 9.80 Å². The largest absolute Gasteiger partial charge is 0.452 e. The van der Waals surface area contributed by atoms with E-state index in [1.54, 1.807) is 49.4 Å². The molecule has 0 bridgehead atoms. The normalized spacial score (nSPS) is 18.6. The number of hydrogen-bond donors (Lipinski definition) is 0. The number of anilines is 2. The third-order valence-electron chi connectivity index (χ3n) is 6.40. The van der Waals surface area contributed by atoms with Crippen molar-refractivity contribution in [2.75, 3.05) is 30.0 Å². The van der Waals surface area contributed by atoms with Crippen LogP contribution in [0.1, 0.15) is 35.2 Å². The van der Waals surface area contributed by atoms with Gasteiger partial charge in [0.05, 0.1) is 23.7 Å². The first-order chi connectivity index (χ1) is 16.7. The summed E-state index contributed by atoms with van der Waals surface area (Å²) in [4.78, 5) is 56.2. The number of nitriles is 1. The number of carbonyl (C=O) groups excluding carboxylic acids is 4. The van der Waals surface area contributed by atoms with Crippen molar-refractivity contribution in [2.24, 2.45) is 0 Å². The van der Waals surface area contributed by atoms with Gasteiger partial charge in [-0.3, -0.25) is 19.3 Å². The van der Waals surface area contributed by atoms with Crippen molar-refractivity contribution in [1.82, 2.24) is 4.90 Å². The van der Waals surface area contributed by atoms with Crippen molar-refractivity contribution in [3.05, 3.63) is 58.6 Å². The number of esters is 1. The van der Waals surface area contributed by atoms with Crippen LogP contribution in [-0.2, 0) is 19.1 Å². The Labute approximate surface area is 207 Å². The van der Waals surface area contributed by atoms with E-state index in [4.69, 9.17) is 21.6 Å². The van der Waals surface area contributed by atoms with Crippen molar-refractivity contribution in [3.8, 4) is 6.07 Å². The molecule has 0 aliphatic carbocycles. The van der Waals surface area contributed by atoms with Gasteiger partial charge in [0.1, 0.15) is 0 Å². The SMILES string of the molecule is Cc1cc(N(CCC#N)C(=O)COC(=O)C23CCC(=O)N2c2ccccc2C(=O)N3C)ccc1Cl. The number of carbonyl (C=O) groups is 4. The predicted molar refractivity (Wildman–Crippen MR) is 128 cm³/mol. The molecule has 2 aliphatic heterocycles. The first kappa shape index (κ1) is 24.2. The Morgan fingerprint density at radius 2 is 1.97 bits per heavy atom. The van der Waals surface area contributed by atoms with Gasteiger partial charge in [0, 0.05) is 37.1 Å². The van der Waals surface area contributed by atoms with E-state index in [2.05, 4.69) is 0 Å². The number of benzene rings is 2. The monoisotopic (exact) mass is 494 g/mol. The summed E-state index contributed by atoms with van der Waals surface area (Å²) in [5.74, 6) is -2.14. The smallest absolute Gasteiger partial charge is 0.354 e. The van der Waals surface area contributed by atoms with Crippen molar-refractivity contribution in [1.29, 1.82) is 5.26 Å². The van der Waals surface area contributed by atoms with Crippen LogP contribution in [0.4, 0.5) is 11.4 Å². The highest BCUT2D eigenvalue weighted by atomic mass is 35.5. The number of amides is 3. The molecular formula is C25H23ClN4O5. The Balaban J connectivity index is 1.59. The first-order valence-electron chi connectivity index (χ1n) is 11.0. The molecule has 2 heterocycles. The molecule has 1 fully saturated rings. The molecule has 0 saturated carbocycles. The maximum absolute atomic E-state index is 13.4. The van der Waals surface area contributed by atoms with Gasteiger partial charge in [-0.2, -0.15) is 5.26 Å². The zero-order chi connectivity index (χ0) is 25.3. The third-order valence-corrected chi connectivity index (χ3v) is 6.82. The van der Waals surface area contributed by atoms with Gasteiger partial charge in [-0.05, 0) is 42.8 Å². The summed E-state index contributed by atoms with van der Waals surface area (Å²) in [6.07, 6.45) is 0.166. The second-order valence-electron chi connectivity index (χ2n) is 8.39. The zero-order valence-corrected chi connectivity index (χ0v) is 20.0. The molecule has 4 rings (SSSR count). The maximum atomic E-state index is 13.4. The van der Waals surface area contributed by atoms with E-state index >= 15 is 0 Å². The van der Waals surface area contributed by atoms with Crippen LogP contribution in [0, 0.1) is 18.3 Å². The average molecular weight is 495 g/mol. The molecule has 2 aromatic rings. The summed E-state index contributed by atoms with van der Waals surface area (Å²) >= 11 is 6.09. The van der Waals surface area contributed by atoms with E-state index in [-0.39, 0.29) is 31.7 Å². The minimum absolute atomic E-state index is 0.0456. The van der Waals surface area contributed by atoms with Crippen LogP contribution in [0.2, 0.25) is 5.02 Å². The molecule has 1 unspecified atom stereocenters. The lowest BCUT2D eigenvalue weighted by Crippen LogP contribution is -2.67. The second kappa shape index (κ2) is 9.39. The fourth-order valence-electron chi connectivity index (χ4n) is 4.57. The summed E-state index contributed by atoms with van der Waals surface area (Å²) in [6, 6.07) is 13.6. The van der Waals surface area contributed by atoms with Crippen LogP contribution >= 0.6 is 11.6 Å². The lowest BCUT2D eigenvalue weighted by molar-refractivity contribution is -0.158. The number of ether oxygens (including phenoxy) is 1. The van der Waals surface area contributed by atoms with Crippen molar-refractivity contribution in [2.45, 2.75) is 31.8 Å². The number of halogens is 1. The molecular weight excluding hydrogens is 472 g/mol. The summed E-state index contributed by atoms with van der Waals surface area (Å²) in [6.45, 7) is 1.26. The number of rotatable bonds is 6. The van der Waals surface area contributed by atoms with Crippen LogP contribution in [0.25, 0.3) is 0 Å². The average Bonchev–Trinajstić information content (AvgIpc) is 3.21. The van der Waals surface area contributed by atoms with E-state index in [0.717, 1.165) is 5.56 Å². The quantitative estimate of drug-likeness (QED) is 0.571. The van der Waals surface area contributed by atoms with E-state index in [1.165, 1.54) is 21.7 Å². The summed E-state index contributed by atoms with van der Waals surface area (Å²) in [5, 5.41) is 9.55. The Hall–Kier alpha value is -3.90. The number of aryl methyl sites for hydroxylation is 1. The van der Waals surface area contributed by atoms with Crippen LogP contribution in [-0.4, -0.2) is 54.5 Å². The Kier molecular flexibility index (Phi) is 6.50. The second-order valence-corrected chi connectivity index (χ2v) is 8.80. The number of nitrogens with zero attached hydrogens (tertiary/aromatic N) is 4. The number of hydrogen-bond acceptors (Lipinski definition) is 6. The molecule has 180 valence electrons. The van der Waals surface area contributed by atoms with Gasteiger partial charge < -0.3 is 14.5 Å². The molecule has 2 aromatic carbocycles. The van der Waals surface area contributed by atoms with Crippen LogP contribution in [0.5, 0.6) is 0 Å². The molecule has 10 heteroatoms. The summed E-state index contributed by atoms with van der Waals surface area (Å²) < 4.78 is 5.44. The van der Waals surface area contributed by atoms with Crippen molar-refractivity contribution < 1.29 is 23.9 Å².